The van der Waals surface area contributed by atoms with E-state index in [1.807, 2.05) is 6.92 Å². The molecule has 4 heavy (non-hydrogen) atoms. The maximum atomic E-state index is 3.36. The molecule has 0 bridgehead atoms. The van der Waals surface area contributed by atoms with E-state index in [4.69, 9.17) is 0 Å². The molecule has 0 nitrogen and oxygen atoms in total. The van der Waals surface area contributed by atoms with Gasteiger partial charge in [0.15, 0.2) is 0 Å². The van der Waals surface area contributed by atoms with Crippen molar-refractivity contribution >= 4 is 23.1 Å². The Morgan fingerprint density at radius 1 is 1.75 bits per heavy atom. The van der Waals surface area contributed by atoms with Crippen molar-refractivity contribution in [3.05, 3.63) is 12.7 Å². The Balaban J connectivity index is 0. The highest BCUT2D eigenvalue weighted by atomic mass is 24.3. The summed E-state index contributed by atoms with van der Waals surface area (Å²) in [5.74, 6) is 0. The normalized spacial score (nSPS) is 3.25. The van der Waals surface area contributed by atoms with Crippen LogP contribution in [0.2, 0.25) is 0 Å². The second-order valence-corrected chi connectivity index (χ2v) is 0.408. The lowest BCUT2D eigenvalue weighted by molar-refractivity contribution is 1.80. The van der Waals surface area contributed by atoms with Gasteiger partial charge in [-0.05, 0) is 6.92 Å². The molecule has 0 radical (unpaired) electrons. The minimum absolute atomic E-state index is 0. The molecular weight excluding hydrogens is 60.3 g/mol. The minimum atomic E-state index is 0. The molecule has 1 heteroatoms. The summed E-state index contributed by atoms with van der Waals surface area (Å²) >= 11 is 0. The lowest BCUT2D eigenvalue weighted by atomic mass is 10.8. The fourth-order valence-corrected chi connectivity index (χ4v) is 0. The molecule has 0 aliphatic carbocycles. The van der Waals surface area contributed by atoms with Crippen LogP contribution in [0, 0.1) is 0 Å². The van der Waals surface area contributed by atoms with E-state index in [-0.39, 0.29) is 23.1 Å². The van der Waals surface area contributed by atoms with E-state index in [0.717, 1.165) is 0 Å². The van der Waals surface area contributed by atoms with Gasteiger partial charge < -0.3 is 0 Å². The van der Waals surface area contributed by atoms with Crippen LogP contribution in [0.1, 0.15) is 6.92 Å². The van der Waals surface area contributed by atoms with Crippen LogP contribution in [0.4, 0.5) is 0 Å². The SMILES string of the molecule is C=CC.[MgH2]. The van der Waals surface area contributed by atoms with Crippen LogP contribution in [-0.4, -0.2) is 23.1 Å². The highest BCUT2D eigenvalue weighted by molar-refractivity contribution is 5.75. The van der Waals surface area contributed by atoms with E-state index in [2.05, 4.69) is 6.58 Å². The molecule has 0 aliphatic heterocycles. The molecule has 0 saturated heterocycles. The first-order chi connectivity index (χ1) is 1.41. The van der Waals surface area contributed by atoms with Crippen LogP contribution in [0.5, 0.6) is 0 Å². The van der Waals surface area contributed by atoms with Gasteiger partial charge in [-0.15, -0.1) is 6.58 Å². The number of hydrogen-bond donors (Lipinski definition) is 0. The fourth-order valence-electron chi connectivity index (χ4n) is 0. The molecule has 0 spiro atoms. The van der Waals surface area contributed by atoms with Crippen LogP contribution < -0.4 is 0 Å². The minimum Gasteiger partial charge on any atom is -0.103 e. The summed E-state index contributed by atoms with van der Waals surface area (Å²) in [6.07, 6.45) is 1.75. The van der Waals surface area contributed by atoms with Crippen molar-refractivity contribution in [2.45, 2.75) is 6.92 Å². The molecule has 0 heterocycles. The van der Waals surface area contributed by atoms with E-state index >= 15 is 0 Å². The summed E-state index contributed by atoms with van der Waals surface area (Å²) in [5.41, 5.74) is 0. The van der Waals surface area contributed by atoms with Gasteiger partial charge in [-0.2, -0.15) is 0 Å². The van der Waals surface area contributed by atoms with Gasteiger partial charge in [0, 0.05) is 0 Å². The molecule has 0 rings (SSSR count). The summed E-state index contributed by atoms with van der Waals surface area (Å²) in [6, 6.07) is 0. The molecule has 0 amide bonds. The van der Waals surface area contributed by atoms with Gasteiger partial charge in [0.05, 0.1) is 0 Å². The first kappa shape index (κ1) is 8.82. The zero-order valence-corrected chi connectivity index (χ0v) is 2.28. The van der Waals surface area contributed by atoms with Crippen molar-refractivity contribution in [1.29, 1.82) is 0 Å². The third-order valence-electron chi connectivity index (χ3n) is 0. The van der Waals surface area contributed by atoms with Crippen LogP contribution in [0.25, 0.3) is 0 Å². The summed E-state index contributed by atoms with van der Waals surface area (Å²) in [4.78, 5) is 0. The molecule has 0 unspecified atom stereocenters. The van der Waals surface area contributed by atoms with Gasteiger partial charge in [0.25, 0.3) is 0 Å². The van der Waals surface area contributed by atoms with Crippen molar-refractivity contribution < 1.29 is 0 Å². The van der Waals surface area contributed by atoms with Crippen LogP contribution in [0.3, 0.4) is 0 Å². The summed E-state index contributed by atoms with van der Waals surface area (Å²) in [6.45, 7) is 5.25. The second-order valence-electron chi connectivity index (χ2n) is 0.408. The summed E-state index contributed by atoms with van der Waals surface area (Å²) in [5, 5.41) is 0. The average molecular weight is 68.4 g/mol. The lowest BCUT2D eigenvalue weighted by Gasteiger charge is -1.31. The predicted octanol–water partition coefficient (Wildman–Crippen LogP) is 0.276. The number of allylic oxidation sites excluding steroid dienone is 1. The molecule has 0 fully saturated rings. The third-order valence-corrected chi connectivity index (χ3v) is 0. The Hall–Kier alpha value is 0.506. The van der Waals surface area contributed by atoms with E-state index in [1.54, 1.807) is 6.08 Å². The van der Waals surface area contributed by atoms with Crippen LogP contribution >= 0.6 is 0 Å². The van der Waals surface area contributed by atoms with Gasteiger partial charge in [-0.3, -0.25) is 0 Å². The van der Waals surface area contributed by atoms with Gasteiger partial charge in [-0.25, -0.2) is 0 Å². The standard InChI is InChI=1S/C3H6.Mg.2H/c1-3-2;;;/h3H,1H2,2H3;;;. The highest BCUT2D eigenvalue weighted by Gasteiger charge is 1.15. The molecular formula is C3H8Mg. The first-order valence-corrected chi connectivity index (χ1v) is 0.986. The number of rotatable bonds is 0. The van der Waals surface area contributed by atoms with Gasteiger partial charge in [-0.1, -0.05) is 6.08 Å². The molecule has 0 aliphatic rings. The maximum Gasteiger partial charge on any atom is 0.316 e. The Morgan fingerprint density at radius 3 is 1.75 bits per heavy atom. The second kappa shape index (κ2) is 9.71. The molecule has 22 valence electrons. The van der Waals surface area contributed by atoms with E-state index in [9.17, 15) is 0 Å². The molecule has 0 saturated carbocycles. The number of hydrogen-bond acceptors (Lipinski definition) is 0. The van der Waals surface area contributed by atoms with Gasteiger partial charge in [0.1, 0.15) is 0 Å². The Labute approximate surface area is 43.0 Å². The molecule has 0 aromatic carbocycles. The van der Waals surface area contributed by atoms with Crippen LogP contribution in [-0.2, 0) is 0 Å². The van der Waals surface area contributed by atoms with Crippen molar-refractivity contribution in [3.63, 3.8) is 0 Å². The lowest BCUT2D eigenvalue weighted by Crippen LogP contribution is -1.07. The quantitative estimate of drug-likeness (QED) is 0.282. The Kier molecular flexibility index (Phi) is 21.4. The van der Waals surface area contributed by atoms with Crippen molar-refractivity contribution in [1.82, 2.24) is 0 Å². The molecule has 0 N–H and O–H groups in total. The average Bonchev–Trinajstić information content (AvgIpc) is 0.918. The predicted molar refractivity (Wildman–Crippen MR) is 24.4 cm³/mol. The third kappa shape index (κ3) is 22.2. The topological polar surface area (TPSA) is 0 Å². The van der Waals surface area contributed by atoms with Crippen molar-refractivity contribution in [3.8, 4) is 0 Å². The largest absolute Gasteiger partial charge is 0.316 e. The van der Waals surface area contributed by atoms with Gasteiger partial charge in [0.2, 0.25) is 0 Å². The van der Waals surface area contributed by atoms with E-state index < -0.39 is 0 Å². The zero-order valence-electron chi connectivity index (χ0n) is 2.28. The van der Waals surface area contributed by atoms with Gasteiger partial charge >= 0.3 is 23.1 Å². The smallest absolute Gasteiger partial charge is 0.103 e. The summed E-state index contributed by atoms with van der Waals surface area (Å²) < 4.78 is 0. The highest BCUT2D eigenvalue weighted by Crippen LogP contribution is 1.38. The fraction of sp³-hybridized carbons (Fsp3) is 0.333. The Morgan fingerprint density at radius 2 is 1.75 bits per heavy atom. The first-order valence-electron chi connectivity index (χ1n) is 0.986. The van der Waals surface area contributed by atoms with Crippen LogP contribution in [0.15, 0.2) is 12.7 Å². The summed E-state index contributed by atoms with van der Waals surface area (Å²) in [7, 11) is 0. The molecule has 0 aromatic heterocycles. The molecule has 0 aromatic rings. The maximum absolute atomic E-state index is 3.36. The van der Waals surface area contributed by atoms with Crippen molar-refractivity contribution in [2.75, 3.05) is 0 Å². The van der Waals surface area contributed by atoms with E-state index in [1.165, 1.54) is 0 Å². The van der Waals surface area contributed by atoms with E-state index in [0.29, 0.717) is 0 Å². The van der Waals surface area contributed by atoms with Crippen molar-refractivity contribution in [2.24, 2.45) is 0 Å². The Bertz CT molecular complexity index is 10.8. The zero-order chi connectivity index (χ0) is 2.71. The molecule has 0 atom stereocenters. The monoisotopic (exact) mass is 68.0 g/mol.